The van der Waals surface area contributed by atoms with Gasteiger partial charge in [0.2, 0.25) is 0 Å². The lowest BCUT2D eigenvalue weighted by Gasteiger charge is -2.30. The summed E-state index contributed by atoms with van der Waals surface area (Å²) in [7, 11) is 1.84. The quantitative estimate of drug-likeness (QED) is 0.898. The number of hydrogen-bond acceptors (Lipinski definition) is 6. The second-order valence-electron chi connectivity index (χ2n) is 5.14. The molecule has 0 spiro atoms. The molecule has 21 heavy (non-hydrogen) atoms. The predicted octanol–water partition coefficient (Wildman–Crippen LogP) is 1.82. The van der Waals surface area contributed by atoms with Gasteiger partial charge in [0.25, 0.3) is 5.91 Å². The van der Waals surface area contributed by atoms with Crippen molar-refractivity contribution in [3.05, 3.63) is 4.88 Å². The lowest BCUT2D eigenvalue weighted by molar-refractivity contribution is 0.0365. The Labute approximate surface area is 129 Å². The highest BCUT2D eigenvalue weighted by Crippen LogP contribution is 2.30. The van der Waals surface area contributed by atoms with Crippen LogP contribution in [-0.4, -0.2) is 55.2 Å². The number of carbonyl (C=O) groups is 1. The number of carbonyl (C=O) groups excluding carboxylic acids is 1. The summed E-state index contributed by atoms with van der Waals surface area (Å²) in [5.41, 5.74) is 5.96. The Balaban J connectivity index is 2.14. The van der Waals surface area contributed by atoms with Crippen molar-refractivity contribution < 1.29 is 9.53 Å². The first-order valence-electron chi connectivity index (χ1n) is 7.44. The normalized spacial score (nSPS) is 16.0. The van der Waals surface area contributed by atoms with E-state index >= 15 is 0 Å². The van der Waals surface area contributed by atoms with E-state index in [1.807, 2.05) is 7.05 Å². The largest absolute Gasteiger partial charge is 0.382 e. The molecule has 2 N–H and O–H groups in total. The first-order valence-corrected chi connectivity index (χ1v) is 8.26. The minimum Gasteiger partial charge on any atom is -0.382 e. The molecule has 1 amide bonds. The van der Waals surface area contributed by atoms with Crippen molar-refractivity contribution in [3.63, 3.8) is 0 Å². The monoisotopic (exact) mass is 312 g/mol. The van der Waals surface area contributed by atoms with Crippen LogP contribution in [0.5, 0.6) is 0 Å². The summed E-state index contributed by atoms with van der Waals surface area (Å²) >= 11 is 1.38. The number of thiazole rings is 1. The first kappa shape index (κ1) is 16.0. The topological polar surface area (TPSA) is 71.7 Å². The molecule has 1 aromatic rings. The maximum atomic E-state index is 12.6. The van der Waals surface area contributed by atoms with Crippen LogP contribution in [0.3, 0.4) is 0 Å². The lowest BCUT2D eigenvalue weighted by atomic mass is 10.1. The number of nitrogens with two attached hydrogens (primary N) is 1. The molecule has 0 radical (unpaired) electrons. The third-order valence-corrected chi connectivity index (χ3v) is 5.05. The van der Waals surface area contributed by atoms with Crippen molar-refractivity contribution in [2.75, 3.05) is 44.0 Å². The van der Waals surface area contributed by atoms with Crippen LogP contribution < -0.4 is 10.6 Å². The maximum Gasteiger partial charge on any atom is 0.267 e. The molecular weight excluding hydrogens is 288 g/mol. The van der Waals surface area contributed by atoms with Gasteiger partial charge in [-0.15, -0.1) is 0 Å². The van der Waals surface area contributed by atoms with E-state index in [2.05, 4.69) is 23.7 Å². The minimum atomic E-state index is -0.0321. The molecule has 1 fully saturated rings. The lowest BCUT2D eigenvalue weighted by Crippen LogP contribution is -2.40. The second-order valence-corrected chi connectivity index (χ2v) is 6.12. The molecule has 0 atom stereocenters. The molecule has 2 rings (SSSR count). The number of anilines is 2. The van der Waals surface area contributed by atoms with Gasteiger partial charge in [-0.2, -0.15) is 0 Å². The van der Waals surface area contributed by atoms with Crippen molar-refractivity contribution in [2.24, 2.45) is 0 Å². The molecule has 1 saturated heterocycles. The van der Waals surface area contributed by atoms with E-state index in [9.17, 15) is 4.79 Å². The minimum absolute atomic E-state index is 0.0321. The number of rotatable bonds is 5. The van der Waals surface area contributed by atoms with Crippen LogP contribution in [0.2, 0.25) is 0 Å². The van der Waals surface area contributed by atoms with Crippen LogP contribution in [0.4, 0.5) is 10.9 Å². The number of amides is 1. The molecule has 0 aromatic carbocycles. The van der Waals surface area contributed by atoms with Gasteiger partial charge in [-0.3, -0.25) is 4.79 Å². The van der Waals surface area contributed by atoms with Crippen LogP contribution in [0, 0.1) is 0 Å². The van der Waals surface area contributed by atoms with Gasteiger partial charge in [0.15, 0.2) is 5.13 Å². The summed E-state index contributed by atoms with van der Waals surface area (Å²) in [6.45, 7) is 7.27. The average molecular weight is 312 g/mol. The maximum absolute atomic E-state index is 12.6. The van der Waals surface area contributed by atoms with Gasteiger partial charge in [0.05, 0.1) is 0 Å². The Kier molecular flexibility index (Phi) is 5.41. The highest BCUT2D eigenvalue weighted by molar-refractivity contribution is 7.18. The number of hydrogen-bond donors (Lipinski definition) is 1. The molecule has 1 aliphatic rings. The summed E-state index contributed by atoms with van der Waals surface area (Å²) in [6.07, 6.45) is 1.76. The van der Waals surface area contributed by atoms with Gasteiger partial charge < -0.3 is 20.3 Å². The Morgan fingerprint density at radius 2 is 2.00 bits per heavy atom. The van der Waals surface area contributed by atoms with Crippen molar-refractivity contribution in [2.45, 2.75) is 32.7 Å². The molecule has 0 bridgehead atoms. The van der Waals surface area contributed by atoms with Crippen LogP contribution >= 0.6 is 11.3 Å². The SMILES string of the molecule is CCN(CC)c1nc(N)c(C(=O)N(C)C2CCOCC2)s1. The second kappa shape index (κ2) is 7.09. The van der Waals surface area contributed by atoms with E-state index < -0.39 is 0 Å². The Morgan fingerprint density at radius 1 is 1.38 bits per heavy atom. The number of nitrogens with zero attached hydrogens (tertiary/aromatic N) is 3. The third kappa shape index (κ3) is 3.47. The standard InChI is InChI=1S/C14H24N4O2S/c1-4-18(5-2)14-16-12(15)11(21-14)13(19)17(3)10-6-8-20-9-7-10/h10H,4-9,15H2,1-3H3. The van der Waals surface area contributed by atoms with E-state index in [-0.39, 0.29) is 11.9 Å². The molecule has 0 aliphatic carbocycles. The van der Waals surface area contributed by atoms with Crippen molar-refractivity contribution in [3.8, 4) is 0 Å². The van der Waals surface area contributed by atoms with Crippen LogP contribution in [0.1, 0.15) is 36.4 Å². The molecule has 1 aliphatic heterocycles. The smallest absolute Gasteiger partial charge is 0.267 e. The van der Waals surface area contributed by atoms with Crippen LogP contribution in [0.15, 0.2) is 0 Å². The van der Waals surface area contributed by atoms with Gasteiger partial charge in [0.1, 0.15) is 10.7 Å². The molecular formula is C14H24N4O2S. The average Bonchev–Trinajstić information content (AvgIpc) is 2.89. The molecule has 6 nitrogen and oxygen atoms in total. The fraction of sp³-hybridized carbons (Fsp3) is 0.714. The molecule has 0 saturated carbocycles. The van der Waals surface area contributed by atoms with Crippen molar-refractivity contribution >= 4 is 28.2 Å². The highest BCUT2D eigenvalue weighted by atomic mass is 32.1. The molecule has 118 valence electrons. The van der Waals surface area contributed by atoms with E-state index in [4.69, 9.17) is 10.5 Å². The molecule has 2 heterocycles. The zero-order chi connectivity index (χ0) is 15.4. The predicted molar refractivity (Wildman–Crippen MR) is 86.0 cm³/mol. The highest BCUT2D eigenvalue weighted by Gasteiger charge is 2.27. The Bertz CT molecular complexity index is 481. The molecule has 0 unspecified atom stereocenters. The number of aromatic nitrogens is 1. The van der Waals surface area contributed by atoms with Gasteiger partial charge >= 0.3 is 0 Å². The van der Waals surface area contributed by atoms with Gasteiger partial charge in [-0.1, -0.05) is 11.3 Å². The van der Waals surface area contributed by atoms with E-state index in [0.717, 1.165) is 31.1 Å². The molecule has 1 aromatic heterocycles. The van der Waals surface area contributed by atoms with E-state index in [1.165, 1.54) is 11.3 Å². The van der Waals surface area contributed by atoms with Gasteiger partial charge in [-0.05, 0) is 26.7 Å². The van der Waals surface area contributed by atoms with Crippen LogP contribution in [0.25, 0.3) is 0 Å². The fourth-order valence-electron chi connectivity index (χ4n) is 2.50. The third-order valence-electron chi connectivity index (χ3n) is 3.93. The van der Waals surface area contributed by atoms with Crippen molar-refractivity contribution in [1.29, 1.82) is 0 Å². The first-order chi connectivity index (χ1) is 10.1. The van der Waals surface area contributed by atoms with Gasteiger partial charge in [-0.25, -0.2) is 4.98 Å². The summed E-state index contributed by atoms with van der Waals surface area (Å²) < 4.78 is 5.34. The number of ether oxygens (including phenoxy) is 1. The fourth-order valence-corrected chi connectivity index (χ4v) is 3.60. The summed E-state index contributed by atoms with van der Waals surface area (Å²) in [5, 5.41) is 0.821. The van der Waals surface area contributed by atoms with Crippen molar-refractivity contribution in [1.82, 2.24) is 9.88 Å². The van der Waals surface area contributed by atoms with Gasteiger partial charge in [0, 0.05) is 39.4 Å². The summed E-state index contributed by atoms with van der Waals surface area (Å²) in [6, 6.07) is 0.227. The van der Waals surface area contributed by atoms with E-state index in [1.54, 1.807) is 4.90 Å². The Morgan fingerprint density at radius 3 is 2.57 bits per heavy atom. The summed E-state index contributed by atoms with van der Waals surface area (Å²) in [5.74, 6) is 0.307. The zero-order valence-corrected chi connectivity index (χ0v) is 13.8. The Hall–Kier alpha value is -1.34. The number of nitrogen functional groups attached to an aromatic ring is 1. The van der Waals surface area contributed by atoms with E-state index in [0.29, 0.717) is 23.9 Å². The van der Waals surface area contributed by atoms with Crippen LogP contribution in [-0.2, 0) is 4.74 Å². The zero-order valence-electron chi connectivity index (χ0n) is 13.0. The molecule has 7 heteroatoms. The summed E-state index contributed by atoms with van der Waals surface area (Å²) in [4.78, 5) is 21.4.